The van der Waals surface area contributed by atoms with Crippen molar-refractivity contribution in [3.8, 4) is 0 Å². The quantitative estimate of drug-likeness (QED) is 0.723. The monoisotopic (exact) mass is 381 g/mol. The van der Waals surface area contributed by atoms with Crippen LogP contribution in [0.2, 0.25) is 0 Å². The van der Waals surface area contributed by atoms with Gasteiger partial charge < -0.3 is 15.5 Å². The highest BCUT2D eigenvalue weighted by atomic mass is 32.2. The SMILES string of the molecule is O=C(CCN1c2ccccc2Sc2ccccc21)NCCNC(=O)C1CC1. The Bertz CT molecular complexity index is 805. The third-order valence-corrected chi connectivity index (χ3v) is 5.92. The summed E-state index contributed by atoms with van der Waals surface area (Å²) in [4.78, 5) is 28.5. The van der Waals surface area contributed by atoms with Crippen LogP contribution in [-0.2, 0) is 9.59 Å². The highest BCUT2D eigenvalue weighted by Crippen LogP contribution is 2.47. The standard InChI is InChI=1S/C21H23N3O2S/c25-20(22-12-13-23-21(26)15-9-10-15)11-14-24-16-5-1-3-7-18(16)27-19-8-4-2-6-17(19)24/h1-8,15H,9-14H2,(H,22,25)(H,23,26). The van der Waals surface area contributed by atoms with E-state index in [-0.39, 0.29) is 17.7 Å². The van der Waals surface area contributed by atoms with Crippen molar-refractivity contribution in [2.75, 3.05) is 24.5 Å². The second-order valence-electron chi connectivity index (χ2n) is 6.85. The van der Waals surface area contributed by atoms with Crippen molar-refractivity contribution in [1.82, 2.24) is 10.6 Å². The van der Waals surface area contributed by atoms with Crippen LogP contribution >= 0.6 is 11.8 Å². The lowest BCUT2D eigenvalue weighted by Gasteiger charge is -2.32. The Balaban J connectivity index is 1.32. The number of carbonyl (C=O) groups is 2. The summed E-state index contributed by atoms with van der Waals surface area (Å²) in [5.41, 5.74) is 2.29. The molecule has 1 heterocycles. The molecule has 2 aromatic rings. The molecule has 0 atom stereocenters. The van der Waals surface area contributed by atoms with E-state index in [0.29, 0.717) is 26.1 Å². The van der Waals surface area contributed by atoms with E-state index in [4.69, 9.17) is 0 Å². The summed E-state index contributed by atoms with van der Waals surface area (Å²) in [6.07, 6.45) is 2.40. The Morgan fingerprint density at radius 2 is 1.52 bits per heavy atom. The summed E-state index contributed by atoms with van der Waals surface area (Å²) in [5.74, 6) is 0.324. The molecule has 27 heavy (non-hydrogen) atoms. The molecule has 1 aliphatic carbocycles. The lowest BCUT2D eigenvalue weighted by atomic mass is 10.2. The molecule has 0 aromatic heterocycles. The zero-order valence-corrected chi connectivity index (χ0v) is 15.9. The Morgan fingerprint density at radius 3 is 2.15 bits per heavy atom. The summed E-state index contributed by atoms with van der Waals surface area (Å²) in [7, 11) is 0. The molecular formula is C21H23N3O2S. The molecule has 0 radical (unpaired) electrons. The van der Waals surface area contributed by atoms with Crippen LogP contribution in [0.3, 0.4) is 0 Å². The Morgan fingerprint density at radius 1 is 0.926 bits per heavy atom. The molecule has 2 aliphatic rings. The number of fused-ring (bicyclic) bond motifs is 2. The van der Waals surface area contributed by atoms with Gasteiger partial charge >= 0.3 is 0 Å². The first kappa shape index (κ1) is 17.9. The first-order chi connectivity index (χ1) is 13.2. The molecule has 5 nitrogen and oxygen atoms in total. The van der Waals surface area contributed by atoms with Gasteiger partial charge in [0.15, 0.2) is 0 Å². The van der Waals surface area contributed by atoms with Crippen LogP contribution in [-0.4, -0.2) is 31.4 Å². The smallest absolute Gasteiger partial charge is 0.223 e. The Hall–Kier alpha value is -2.47. The van der Waals surface area contributed by atoms with Gasteiger partial charge in [0, 0.05) is 41.8 Å². The zero-order valence-electron chi connectivity index (χ0n) is 15.1. The molecule has 1 saturated carbocycles. The summed E-state index contributed by atoms with van der Waals surface area (Å²) in [6, 6.07) is 16.6. The third kappa shape index (κ3) is 4.27. The predicted octanol–water partition coefficient (Wildman–Crippen LogP) is 3.32. The van der Waals surface area contributed by atoms with Crippen molar-refractivity contribution in [2.45, 2.75) is 29.1 Å². The van der Waals surface area contributed by atoms with Crippen molar-refractivity contribution >= 4 is 35.0 Å². The summed E-state index contributed by atoms with van der Waals surface area (Å²) in [5, 5.41) is 5.76. The molecule has 0 spiro atoms. The van der Waals surface area contributed by atoms with Gasteiger partial charge in [0.25, 0.3) is 0 Å². The molecule has 0 unspecified atom stereocenters. The van der Waals surface area contributed by atoms with Crippen LogP contribution in [0.4, 0.5) is 11.4 Å². The summed E-state index contributed by atoms with van der Waals surface area (Å²) < 4.78 is 0. The van der Waals surface area contributed by atoms with E-state index >= 15 is 0 Å². The van der Waals surface area contributed by atoms with E-state index in [9.17, 15) is 9.59 Å². The maximum atomic E-state index is 12.2. The highest BCUT2D eigenvalue weighted by molar-refractivity contribution is 7.99. The van der Waals surface area contributed by atoms with Crippen LogP contribution in [0.15, 0.2) is 58.3 Å². The van der Waals surface area contributed by atoms with Gasteiger partial charge in [0.2, 0.25) is 11.8 Å². The van der Waals surface area contributed by atoms with Gasteiger partial charge in [0.05, 0.1) is 11.4 Å². The number of carbonyl (C=O) groups excluding carboxylic acids is 2. The van der Waals surface area contributed by atoms with Crippen molar-refractivity contribution in [3.05, 3.63) is 48.5 Å². The normalized spacial score (nSPS) is 14.9. The third-order valence-electron chi connectivity index (χ3n) is 4.79. The van der Waals surface area contributed by atoms with E-state index in [2.05, 4.69) is 39.8 Å². The van der Waals surface area contributed by atoms with Gasteiger partial charge in [-0.3, -0.25) is 9.59 Å². The van der Waals surface area contributed by atoms with Crippen molar-refractivity contribution in [3.63, 3.8) is 0 Å². The zero-order chi connectivity index (χ0) is 18.6. The average Bonchev–Trinajstić information content (AvgIpc) is 3.53. The Labute approximate surface area is 163 Å². The molecule has 1 aliphatic heterocycles. The second-order valence-corrected chi connectivity index (χ2v) is 7.94. The van der Waals surface area contributed by atoms with E-state index < -0.39 is 0 Å². The largest absolute Gasteiger partial charge is 0.354 e. The van der Waals surface area contributed by atoms with Gasteiger partial charge in [-0.05, 0) is 37.1 Å². The van der Waals surface area contributed by atoms with E-state index in [1.807, 2.05) is 24.3 Å². The van der Waals surface area contributed by atoms with Crippen LogP contribution in [0.5, 0.6) is 0 Å². The molecule has 0 bridgehead atoms. The average molecular weight is 382 g/mol. The maximum absolute atomic E-state index is 12.2. The Kier molecular flexibility index (Phi) is 5.34. The number of nitrogens with one attached hydrogen (secondary N) is 2. The molecule has 140 valence electrons. The molecule has 4 rings (SSSR count). The van der Waals surface area contributed by atoms with Gasteiger partial charge in [0.1, 0.15) is 0 Å². The first-order valence-corrected chi connectivity index (χ1v) is 10.2. The number of hydrogen-bond acceptors (Lipinski definition) is 4. The minimum Gasteiger partial charge on any atom is -0.354 e. The lowest BCUT2D eigenvalue weighted by Crippen LogP contribution is -2.36. The molecule has 1 fully saturated rings. The molecule has 2 amide bonds. The molecular weight excluding hydrogens is 358 g/mol. The number of hydrogen-bond donors (Lipinski definition) is 2. The first-order valence-electron chi connectivity index (χ1n) is 9.40. The molecule has 2 N–H and O–H groups in total. The number of rotatable bonds is 7. The van der Waals surface area contributed by atoms with E-state index in [1.165, 1.54) is 9.79 Å². The van der Waals surface area contributed by atoms with E-state index in [0.717, 1.165) is 24.2 Å². The van der Waals surface area contributed by atoms with Crippen LogP contribution < -0.4 is 15.5 Å². The number of amides is 2. The molecule has 6 heteroatoms. The lowest BCUT2D eigenvalue weighted by molar-refractivity contribution is -0.123. The van der Waals surface area contributed by atoms with Crippen LogP contribution in [0, 0.1) is 5.92 Å². The van der Waals surface area contributed by atoms with Crippen LogP contribution in [0.1, 0.15) is 19.3 Å². The number of benzene rings is 2. The van der Waals surface area contributed by atoms with Crippen molar-refractivity contribution in [1.29, 1.82) is 0 Å². The minimum atomic E-state index is 0.00357. The second kappa shape index (κ2) is 8.05. The number of anilines is 2. The summed E-state index contributed by atoms with van der Waals surface area (Å²) in [6.45, 7) is 1.59. The van der Waals surface area contributed by atoms with Gasteiger partial charge in [-0.15, -0.1) is 0 Å². The minimum absolute atomic E-state index is 0.00357. The fourth-order valence-electron chi connectivity index (χ4n) is 3.20. The highest BCUT2D eigenvalue weighted by Gasteiger charge is 2.29. The number of para-hydroxylation sites is 2. The van der Waals surface area contributed by atoms with Gasteiger partial charge in [-0.25, -0.2) is 0 Å². The fraction of sp³-hybridized carbons (Fsp3) is 0.333. The topological polar surface area (TPSA) is 61.4 Å². The predicted molar refractivity (Wildman–Crippen MR) is 107 cm³/mol. The van der Waals surface area contributed by atoms with Gasteiger partial charge in [-0.2, -0.15) is 0 Å². The fourth-order valence-corrected chi connectivity index (χ4v) is 4.30. The number of nitrogens with zero attached hydrogens (tertiary/aromatic N) is 1. The van der Waals surface area contributed by atoms with Crippen molar-refractivity contribution < 1.29 is 9.59 Å². The molecule has 2 aromatic carbocycles. The van der Waals surface area contributed by atoms with Crippen molar-refractivity contribution in [2.24, 2.45) is 5.92 Å². The summed E-state index contributed by atoms with van der Waals surface area (Å²) >= 11 is 1.76. The maximum Gasteiger partial charge on any atom is 0.223 e. The van der Waals surface area contributed by atoms with E-state index in [1.54, 1.807) is 11.8 Å². The van der Waals surface area contributed by atoms with Crippen LogP contribution in [0.25, 0.3) is 0 Å². The van der Waals surface area contributed by atoms with Gasteiger partial charge in [-0.1, -0.05) is 36.0 Å². The molecule has 0 saturated heterocycles.